The number of para-hydroxylation sites is 1. The molecule has 1 N–H and O–H groups in total. The number of benzene rings is 5. The maximum atomic E-state index is 12.0. The summed E-state index contributed by atoms with van der Waals surface area (Å²) >= 11 is 4.59. The minimum atomic E-state index is -0.517. The first-order valence-electron chi connectivity index (χ1n) is 11.3. The van der Waals surface area contributed by atoms with Crippen molar-refractivity contribution in [2.75, 3.05) is 0 Å². The SMILES string of the molecule is [O-]c1ccc2ccccc2c1/C=N/NC([S-])=Nc1ccccc1.c1cc[c]([Sn+2][c]2ccccc2)cc1. The van der Waals surface area contributed by atoms with E-state index in [-0.39, 0.29) is 10.9 Å². The van der Waals surface area contributed by atoms with Crippen LogP contribution in [-0.2, 0) is 12.6 Å². The van der Waals surface area contributed by atoms with Crippen LogP contribution < -0.4 is 17.7 Å². The Morgan fingerprint density at radius 3 is 1.89 bits per heavy atom. The third-order valence-corrected chi connectivity index (χ3v) is 8.84. The molecule has 0 radical (unpaired) electrons. The Morgan fingerprint density at radius 2 is 1.25 bits per heavy atom. The summed E-state index contributed by atoms with van der Waals surface area (Å²) in [6.07, 6.45) is 1.48. The van der Waals surface area contributed by atoms with Crippen molar-refractivity contribution in [1.29, 1.82) is 0 Å². The van der Waals surface area contributed by atoms with E-state index in [1.165, 1.54) is 19.4 Å². The van der Waals surface area contributed by atoms with E-state index in [0.717, 1.165) is 16.5 Å². The number of hydrazone groups is 1. The van der Waals surface area contributed by atoms with Gasteiger partial charge in [0.2, 0.25) is 0 Å². The van der Waals surface area contributed by atoms with Crippen molar-refractivity contribution in [1.82, 2.24) is 5.43 Å². The van der Waals surface area contributed by atoms with Gasteiger partial charge in [0.25, 0.3) is 0 Å². The molecule has 0 aliphatic rings. The molecule has 5 rings (SSSR count). The molecule has 0 fully saturated rings. The van der Waals surface area contributed by atoms with E-state index >= 15 is 0 Å². The van der Waals surface area contributed by atoms with Crippen LogP contribution >= 0.6 is 0 Å². The molecule has 0 unspecified atom stereocenters. The number of nitrogens with one attached hydrogen (secondary N) is 1. The van der Waals surface area contributed by atoms with Crippen LogP contribution in [0, 0.1) is 0 Å². The zero-order chi connectivity index (χ0) is 25.0. The van der Waals surface area contributed by atoms with E-state index in [1.54, 1.807) is 6.07 Å². The number of hydrogen-bond donors (Lipinski definition) is 1. The summed E-state index contributed by atoms with van der Waals surface area (Å²) in [6.45, 7) is 0. The van der Waals surface area contributed by atoms with Crippen LogP contribution in [-0.4, -0.2) is 32.5 Å². The second-order valence-corrected chi connectivity index (χ2v) is 12.1. The fourth-order valence-electron chi connectivity index (χ4n) is 3.42. The Morgan fingerprint density at radius 1 is 0.694 bits per heavy atom. The molecule has 0 amide bonds. The predicted molar refractivity (Wildman–Crippen MR) is 153 cm³/mol. The van der Waals surface area contributed by atoms with Crippen molar-refractivity contribution < 1.29 is 5.11 Å². The maximum absolute atomic E-state index is 12.0. The molecular formula is C30H23N3OSSn. The van der Waals surface area contributed by atoms with E-state index in [4.69, 9.17) is 12.6 Å². The van der Waals surface area contributed by atoms with Crippen molar-refractivity contribution in [2.24, 2.45) is 10.1 Å². The van der Waals surface area contributed by atoms with Crippen molar-refractivity contribution in [3.8, 4) is 5.75 Å². The molecule has 0 heterocycles. The molecule has 0 aliphatic carbocycles. The van der Waals surface area contributed by atoms with Crippen LogP contribution in [0.5, 0.6) is 5.75 Å². The van der Waals surface area contributed by atoms with Gasteiger partial charge in [0.15, 0.2) is 0 Å². The summed E-state index contributed by atoms with van der Waals surface area (Å²) in [5.74, 6) is -0.0832. The Labute approximate surface area is 227 Å². The molecule has 4 nitrogen and oxygen atoms in total. The van der Waals surface area contributed by atoms with Crippen LogP contribution in [0.3, 0.4) is 0 Å². The summed E-state index contributed by atoms with van der Waals surface area (Å²) in [7, 11) is 0. The molecule has 5 aromatic rings. The van der Waals surface area contributed by atoms with Gasteiger partial charge in [0.05, 0.1) is 11.9 Å². The number of rotatable bonds is 5. The molecule has 0 saturated heterocycles. The molecule has 6 heteroatoms. The van der Waals surface area contributed by atoms with Crippen LogP contribution in [0.4, 0.5) is 5.69 Å². The third-order valence-electron chi connectivity index (χ3n) is 5.11. The Kier molecular flexibility index (Phi) is 9.47. The second kappa shape index (κ2) is 13.4. The summed E-state index contributed by atoms with van der Waals surface area (Å²) in [4.78, 5) is 4.20. The van der Waals surface area contributed by atoms with Gasteiger partial charge in [-0.3, -0.25) is 10.4 Å². The zero-order valence-corrected chi connectivity index (χ0v) is 23.1. The fraction of sp³-hybridized carbons (Fsp3) is 0. The first kappa shape index (κ1) is 25.4. The van der Waals surface area contributed by atoms with Gasteiger partial charge in [-0.05, 0) is 28.5 Å². The molecule has 5 aromatic carbocycles. The van der Waals surface area contributed by atoms with Crippen molar-refractivity contribution in [2.45, 2.75) is 0 Å². The molecule has 0 aliphatic heterocycles. The van der Waals surface area contributed by atoms with Gasteiger partial charge in [0.1, 0.15) is 0 Å². The first-order valence-corrected chi connectivity index (χ1v) is 14.6. The number of amidine groups is 1. The summed E-state index contributed by atoms with van der Waals surface area (Å²) in [6, 6.07) is 42.0. The van der Waals surface area contributed by atoms with Crippen LogP contribution in [0.25, 0.3) is 10.8 Å². The zero-order valence-electron chi connectivity index (χ0n) is 19.4. The van der Waals surface area contributed by atoms with Crippen LogP contribution in [0.15, 0.2) is 137 Å². The third kappa shape index (κ3) is 7.66. The summed E-state index contributed by atoms with van der Waals surface area (Å²) < 4.78 is 3.08. The molecule has 36 heavy (non-hydrogen) atoms. The molecule has 0 bridgehead atoms. The Bertz CT molecular complexity index is 1410. The fourth-order valence-corrected chi connectivity index (χ4v) is 6.57. The topological polar surface area (TPSA) is 59.8 Å². The van der Waals surface area contributed by atoms with E-state index in [2.05, 4.69) is 76.2 Å². The van der Waals surface area contributed by atoms with Crippen molar-refractivity contribution >= 4 is 68.8 Å². The predicted octanol–water partition coefficient (Wildman–Crippen LogP) is 4.41. The van der Waals surface area contributed by atoms with Gasteiger partial charge in [-0.25, -0.2) is 0 Å². The number of nitrogens with zero attached hydrogens (tertiary/aromatic N) is 2. The van der Waals surface area contributed by atoms with Gasteiger partial charge in [-0.2, -0.15) is 5.10 Å². The van der Waals surface area contributed by atoms with E-state index in [9.17, 15) is 5.11 Å². The molecule has 174 valence electrons. The normalized spacial score (nSPS) is 10.9. The molecule has 0 aromatic heterocycles. The number of hydrogen-bond acceptors (Lipinski definition) is 4. The van der Waals surface area contributed by atoms with E-state index < -0.39 is 21.1 Å². The first-order chi connectivity index (χ1) is 17.7. The molecule has 0 atom stereocenters. The van der Waals surface area contributed by atoms with Gasteiger partial charge in [-0.1, -0.05) is 60.3 Å². The average Bonchev–Trinajstić information content (AvgIpc) is 2.92. The Balaban J connectivity index is 0.000000197. The quantitative estimate of drug-likeness (QED) is 0.108. The number of fused-ring (bicyclic) bond motifs is 1. The van der Waals surface area contributed by atoms with Crippen LogP contribution in [0.2, 0.25) is 0 Å². The van der Waals surface area contributed by atoms with E-state index in [0.29, 0.717) is 5.56 Å². The van der Waals surface area contributed by atoms with Crippen molar-refractivity contribution in [3.63, 3.8) is 0 Å². The molecule has 0 spiro atoms. The van der Waals surface area contributed by atoms with E-state index in [1.807, 2.05) is 54.6 Å². The second-order valence-electron chi connectivity index (χ2n) is 7.68. The minimum absolute atomic E-state index is 0.0832. The monoisotopic (exact) mass is 593 g/mol. The van der Waals surface area contributed by atoms with Gasteiger partial charge in [-0.15, -0.1) is 0 Å². The summed E-state index contributed by atoms with van der Waals surface area (Å²) in [5.41, 5.74) is 3.94. The molecule has 0 saturated carbocycles. The standard InChI is InChI=1S/C18H15N3OS.2C6H5.Sn/c22-17-11-10-13-6-4-5-9-15(13)16(17)12-19-21-18(23)20-14-7-2-1-3-8-14;2*1-2-4-6-5-3-1;/h1-12,22H,(H2,20,21,23);2*1-5H;/q;;;+2/p-2/b19-12+;;;. The van der Waals surface area contributed by atoms with Crippen LogP contribution in [0.1, 0.15) is 5.56 Å². The Hall–Kier alpha value is -3.68. The summed E-state index contributed by atoms with van der Waals surface area (Å²) in [5, 5.41) is 18.1. The number of aliphatic imine (C=N–C) groups is 1. The van der Waals surface area contributed by atoms with Crippen molar-refractivity contribution in [3.05, 3.63) is 133 Å². The van der Waals surface area contributed by atoms with Gasteiger partial charge < -0.3 is 17.7 Å². The van der Waals surface area contributed by atoms with Gasteiger partial charge in [0, 0.05) is 5.17 Å². The average molecular weight is 592 g/mol. The molecular weight excluding hydrogens is 569 g/mol. The van der Waals surface area contributed by atoms with Gasteiger partial charge >= 0.3 is 89.0 Å².